The molecule has 0 aromatic heterocycles. The first-order chi connectivity index (χ1) is 10.7. The van der Waals surface area contributed by atoms with Gasteiger partial charge in [0.1, 0.15) is 0 Å². The highest BCUT2D eigenvalue weighted by atomic mass is 32.2. The van der Waals surface area contributed by atoms with E-state index in [1.807, 2.05) is 30.3 Å². The van der Waals surface area contributed by atoms with E-state index in [0.29, 0.717) is 5.75 Å². The van der Waals surface area contributed by atoms with E-state index >= 15 is 0 Å². The van der Waals surface area contributed by atoms with Gasteiger partial charge in [-0.3, -0.25) is 20.0 Å². The smallest absolute Gasteiger partial charge is 0.240 e. The van der Waals surface area contributed by atoms with Gasteiger partial charge in [-0.15, -0.1) is 0 Å². The number of likely N-dealkylation sites (N-methyl/N-ethyl adjacent to an activating group) is 1. The van der Waals surface area contributed by atoms with Crippen molar-refractivity contribution in [3.63, 3.8) is 0 Å². The van der Waals surface area contributed by atoms with E-state index in [-0.39, 0.29) is 18.2 Å². The van der Waals surface area contributed by atoms with Crippen LogP contribution in [-0.4, -0.2) is 50.6 Å². The lowest BCUT2D eigenvalue weighted by Crippen LogP contribution is -2.60. The Kier molecular flexibility index (Phi) is 3.23. The quantitative estimate of drug-likeness (QED) is 0.821. The van der Waals surface area contributed by atoms with Crippen molar-refractivity contribution in [3.8, 4) is 0 Å². The van der Waals surface area contributed by atoms with Gasteiger partial charge in [0, 0.05) is 12.2 Å². The van der Waals surface area contributed by atoms with Crippen molar-refractivity contribution < 1.29 is 4.79 Å². The van der Waals surface area contributed by atoms with Crippen LogP contribution in [0.1, 0.15) is 6.92 Å². The second kappa shape index (κ2) is 5.13. The average Bonchev–Trinajstić information content (AvgIpc) is 3.05. The zero-order chi connectivity index (χ0) is 15.3. The van der Waals surface area contributed by atoms with E-state index < -0.39 is 0 Å². The summed E-state index contributed by atoms with van der Waals surface area (Å²) in [6.07, 6.45) is -0.311. The van der Waals surface area contributed by atoms with E-state index in [0.717, 1.165) is 22.5 Å². The topological polar surface area (TPSA) is 51.2 Å². The summed E-state index contributed by atoms with van der Waals surface area (Å²) in [7, 11) is 0. The van der Waals surface area contributed by atoms with Crippen LogP contribution in [0.5, 0.6) is 0 Å². The van der Waals surface area contributed by atoms with Gasteiger partial charge in [-0.25, -0.2) is 0 Å². The van der Waals surface area contributed by atoms with Gasteiger partial charge in [0.2, 0.25) is 5.91 Å². The zero-order valence-corrected chi connectivity index (χ0v) is 13.6. The minimum Gasteiger partial charge on any atom is -0.324 e. The second-order valence-electron chi connectivity index (χ2n) is 5.21. The summed E-state index contributed by atoms with van der Waals surface area (Å²) < 4.78 is 0. The normalized spacial score (nSPS) is 26.8. The number of hydrazone groups is 1. The zero-order valence-electron chi connectivity index (χ0n) is 12.0. The summed E-state index contributed by atoms with van der Waals surface area (Å²) in [6, 6.07) is 9.96. The number of amides is 1. The fraction of sp³-hybridized carbons (Fsp3) is 0.357. The number of hydrogen-bond donors (Lipinski definition) is 1. The third-order valence-electron chi connectivity index (χ3n) is 4.07. The number of hydrogen-bond acceptors (Lipinski definition) is 5. The molecule has 3 heterocycles. The lowest BCUT2D eigenvalue weighted by molar-refractivity contribution is -0.126. The van der Waals surface area contributed by atoms with Crippen molar-refractivity contribution in [3.05, 3.63) is 30.3 Å². The highest BCUT2D eigenvalue weighted by molar-refractivity contribution is 8.15. The monoisotopic (exact) mass is 333 g/mol. The molecule has 22 heavy (non-hydrogen) atoms. The second-order valence-corrected chi connectivity index (χ2v) is 6.52. The standard InChI is InChI=1S/C14H15N5OS2/c1-2-17-11-12(19-10(20)8-22-13(19)16-15-11)18(14(17)21)9-6-4-3-5-7-9/h3-7,11-12,15H,2,8H2,1H3. The molecule has 0 spiro atoms. The van der Waals surface area contributed by atoms with Gasteiger partial charge < -0.3 is 4.90 Å². The number of thiocarbonyl (C=S) groups is 1. The SMILES string of the molecule is CCN1C(=S)N(c2ccccc2)C2C1NN=C1SCC(=O)N12. The summed E-state index contributed by atoms with van der Waals surface area (Å²) in [5.41, 5.74) is 4.17. The highest BCUT2D eigenvalue weighted by Crippen LogP contribution is 2.36. The minimum atomic E-state index is -0.190. The number of benzene rings is 1. The summed E-state index contributed by atoms with van der Waals surface area (Å²) in [4.78, 5) is 18.2. The lowest BCUT2D eigenvalue weighted by atomic mass is 10.2. The molecule has 4 rings (SSSR count). The molecule has 1 aromatic rings. The molecule has 2 saturated heterocycles. The molecule has 6 nitrogen and oxygen atoms in total. The van der Waals surface area contributed by atoms with E-state index in [1.165, 1.54) is 11.8 Å². The third-order valence-corrected chi connectivity index (χ3v) is 5.43. The molecule has 8 heteroatoms. The molecule has 2 atom stereocenters. The lowest BCUT2D eigenvalue weighted by Gasteiger charge is -2.37. The Labute approximate surface area is 138 Å². The van der Waals surface area contributed by atoms with Gasteiger partial charge in [-0.05, 0) is 31.3 Å². The number of amidine groups is 1. The molecular weight excluding hydrogens is 318 g/mol. The van der Waals surface area contributed by atoms with Gasteiger partial charge >= 0.3 is 0 Å². The van der Waals surface area contributed by atoms with Crippen molar-refractivity contribution in [2.24, 2.45) is 5.10 Å². The molecule has 1 aromatic carbocycles. The first kappa shape index (κ1) is 13.8. The van der Waals surface area contributed by atoms with E-state index in [9.17, 15) is 4.79 Å². The predicted molar refractivity (Wildman–Crippen MR) is 91.3 cm³/mol. The third kappa shape index (κ3) is 1.83. The molecule has 3 aliphatic heterocycles. The molecule has 0 bridgehead atoms. The maximum Gasteiger partial charge on any atom is 0.240 e. The van der Waals surface area contributed by atoms with E-state index in [4.69, 9.17) is 12.2 Å². The number of nitrogens with zero attached hydrogens (tertiary/aromatic N) is 4. The van der Waals surface area contributed by atoms with Crippen LogP contribution >= 0.6 is 24.0 Å². The number of anilines is 1. The number of thioether (sulfide) groups is 1. The molecule has 3 aliphatic rings. The Balaban J connectivity index is 1.82. The Hall–Kier alpha value is -1.80. The van der Waals surface area contributed by atoms with Crippen LogP contribution in [0.2, 0.25) is 0 Å². The van der Waals surface area contributed by atoms with Crippen molar-refractivity contribution in [1.29, 1.82) is 0 Å². The molecule has 0 aliphatic carbocycles. The van der Waals surface area contributed by atoms with Crippen molar-refractivity contribution in [2.75, 3.05) is 17.2 Å². The number of carbonyl (C=O) groups excluding carboxylic acids is 1. The van der Waals surface area contributed by atoms with Gasteiger partial charge in [0.15, 0.2) is 22.6 Å². The number of rotatable bonds is 2. The maximum atomic E-state index is 12.3. The predicted octanol–water partition coefficient (Wildman–Crippen LogP) is 1.22. The van der Waals surface area contributed by atoms with Crippen LogP contribution in [0.3, 0.4) is 0 Å². The number of nitrogens with one attached hydrogen (secondary N) is 1. The van der Waals surface area contributed by atoms with Gasteiger partial charge in [-0.2, -0.15) is 5.10 Å². The summed E-state index contributed by atoms with van der Waals surface area (Å²) >= 11 is 7.14. The Morgan fingerprint density at radius 2 is 2.14 bits per heavy atom. The summed E-state index contributed by atoms with van der Waals surface area (Å²) in [6.45, 7) is 2.82. The van der Waals surface area contributed by atoms with Crippen LogP contribution in [-0.2, 0) is 4.79 Å². The molecule has 0 radical (unpaired) electrons. The Morgan fingerprint density at radius 1 is 1.36 bits per heavy atom. The average molecular weight is 333 g/mol. The summed E-state index contributed by atoms with van der Waals surface area (Å²) in [5.74, 6) is 0.521. The summed E-state index contributed by atoms with van der Waals surface area (Å²) in [5, 5.41) is 5.80. The van der Waals surface area contributed by atoms with Crippen LogP contribution in [0.15, 0.2) is 35.4 Å². The van der Waals surface area contributed by atoms with Crippen LogP contribution in [0.4, 0.5) is 5.69 Å². The minimum absolute atomic E-state index is 0.0851. The molecule has 2 fully saturated rings. The largest absolute Gasteiger partial charge is 0.324 e. The fourth-order valence-electron chi connectivity index (χ4n) is 3.09. The van der Waals surface area contributed by atoms with Gasteiger partial charge in [0.25, 0.3) is 0 Å². The number of para-hydroxylation sites is 1. The first-order valence-electron chi connectivity index (χ1n) is 7.15. The number of carbonyl (C=O) groups is 1. The first-order valence-corrected chi connectivity index (χ1v) is 8.54. The van der Waals surface area contributed by atoms with E-state index in [1.54, 1.807) is 4.90 Å². The van der Waals surface area contributed by atoms with Crippen molar-refractivity contribution in [1.82, 2.24) is 15.2 Å². The van der Waals surface area contributed by atoms with Crippen LogP contribution in [0.25, 0.3) is 0 Å². The Bertz CT molecular complexity index is 664. The number of fused-ring (bicyclic) bond motifs is 3. The fourth-order valence-corrected chi connectivity index (χ4v) is 4.40. The maximum absolute atomic E-state index is 12.3. The highest BCUT2D eigenvalue weighted by Gasteiger charge is 2.53. The Morgan fingerprint density at radius 3 is 2.86 bits per heavy atom. The van der Waals surface area contributed by atoms with Gasteiger partial charge in [0.05, 0.1) is 5.75 Å². The van der Waals surface area contributed by atoms with Crippen molar-refractivity contribution >= 4 is 45.9 Å². The molecular formula is C14H15N5OS2. The van der Waals surface area contributed by atoms with E-state index in [2.05, 4.69) is 27.3 Å². The molecule has 1 N–H and O–H groups in total. The van der Waals surface area contributed by atoms with Crippen LogP contribution < -0.4 is 10.3 Å². The molecule has 1 amide bonds. The molecule has 2 unspecified atom stereocenters. The molecule has 114 valence electrons. The van der Waals surface area contributed by atoms with Gasteiger partial charge in [-0.1, -0.05) is 30.0 Å². The van der Waals surface area contributed by atoms with Crippen molar-refractivity contribution in [2.45, 2.75) is 19.3 Å². The van der Waals surface area contributed by atoms with Crippen LogP contribution in [0, 0.1) is 0 Å². The molecule has 0 saturated carbocycles.